The highest BCUT2D eigenvalue weighted by Gasteiger charge is 2.27. The van der Waals surface area contributed by atoms with Gasteiger partial charge in [0.15, 0.2) is 28.7 Å². The summed E-state index contributed by atoms with van der Waals surface area (Å²) in [5, 5.41) is 199. The number of amides is 5. The first-order valence-corrected chi connectivity index (χ1v) is 41.0. The van der Waals surface area contributed by atoms with Crippen LogP contribution in [0.1, 0.15) is 82.3 Å². The number of benzene rings is 10. The molecule has 0 fully saturated rings. The number of hydrogen-bond acceptors (Lipinski definition) is 32. The van der Waals surface area contributed by atoms with Crippen molar-refractivity contribution >= 4 is 110 Å². The van der Waals surface area contributed by atoms with E-state index in [1.807, 2.05) is 6.07 Å². The number of pyridine rings is 1. The first kappa shape index (κ1) is 103. The Balaban J connectivity index is 0.000000195. The van der Waals surface area contributed by atoms with Crippen molar-refractivity contribution in [3.63, 3.8) is 0 Å². The number of furan rings is 1. The maximum Gasteiger partial charge on any atom is 0.339 e. The van der Waals surface area contributed by atoms with Crippen molar-refractivity contribution in [3.8, 4) is 90.4 Å². The predicted molar refractivity (Wildman–Crippen MR) is 493 cm³/mol. The molecule has 3 heterocycles. The number of aryl methyl sites for hydroxylation is 2. The molecule has 0 spiro atoms. The molecule has 10 aromatic carbocycles. The van der Waals surface area contributed by atoms with Gasteiger partial charge in [0.1, 0.15) is 17.1 Å². The van der Waals surface area contributed by atoms with E-state index in [2.05, 4.69) is 31.6 Å². The van der Waals surface area contributed by atoms with Gasteiger partial charge in [-0.25, -0.2) is 9.59 Å². The van der Waals surface area contributed by atoms with Crippen LogP contribution in [0.3, 0.4) is 0 Å². The predicted octanol–water partition coefficient (Wildman–Crippen LogP) is 13.7. The fourth-order valence-corrected chi connectivity index (χ4v) is 14.0. The number of nitrogens with one attached hydrogen (secondary N) is 5. The highest BCUT2D eigenvalue weighted by molar-refractivity contribution is 7.15. The Morgan fingerprint density at radius 3 is 1.22 bits per heavy atom. The molecule has 716 valence electrons. The number of rotatable bonds is 32. The molecule has 13 rings (SSSR count). The van der Waals surface area contributed by atoms with Crippen molar-refractivity contribution in [2.75, 3.05) is 16.0 Å². The molecule has 13 aromatic rings. The number of carbonyl (C=O) groups excluding carboxylic acids is 5. The highest BCUT2D eigenvalue weighted by atomic mass is 32.1. The number of nitro groups is 5. The number of hydrogen-bond donors (Lipinski definition) is 19. The molecule has 0 radical (unpaired) electrons. The summed E-state index contributed by atoms with van der Waals surface area (Å²) in [7, 11) is 0. The van der Waals surface area contributed by atoms with Crippen LogP contribution in [0.5, 0.6) is 57.5 Å². The Morgan fingerprint density at radius 1 is 0.367 bits per heavy atom. The standard InChI is InChI=1S/C22H18N2O7.C21H18N2O7S.C20H16N2O8.C16H14N2O7.C14H13N3O5/c25-19-10-14(9-18(22(19)29)24(30)31)11-20(26)23-17-7-2-1-6-16(17)15-5-3-4-13(8-15)12-21(27)28;24-17-10-12(9-16(21(17)28)23(29)30)5-8-19(25)22-15-4-2-1-3-14(15)18-7-6-13(31-18)11-20(26)27;1-10-14(20(26)27)9-17(30-10)12-2-4-13(5-3-12)21-18(24)8-11-6-15(22(28)29)19(25)16(23)7-11;19-13-6-10(5-12(15(13)21)18(24)25)7-14(20)17-8-9-1-3-11(4-2-9)16(22)23;18-12-5-10(4-11(14(12)20)17(21)22)6-13(19)16-8-9-2-1-3-15-7-9/h1-10,25,29H,11-12H2,(H,23,26)(H,27,28);1-4,6-7,9-10,24,28H,5,8,11H2,(H,22,25)(H,26,27);2-7,9,23,25H,8H2,1H3,(H,21,24)(H,26,27);1-6,19,21H,7-8H2,(H,17,20)(H,22,23);1-5,7,18,20H,6,8H2,(H,16,19). The minimum absolute atomic E-state index is 0.00952. The third-order valence-corrected chi connectivity index (χ3v) is 20.6. The number of nitro benzene ring substituents is 5. The number of aromatic carboxylic acids is 2. The number of anilines is 3. The minimum Gasteiger partial charge on any atom is -0.504 e. The fourth-order valence-electron chi connectivity index (χ4n) is 13.0. The molecule has 0 aliphatic heterocycles. The lowest BCUT2D eigenvalue weighted by molar-refractivity contribution is -0.386. The molecule has 139 heavy (non-hydrogen) atoms. The van der Waals surface area contributed by atoms with Crippen molar-refractivity contribution in [3.05, 3.63) is 342 Å². The summed E-state index contributed by atoms with van der Waals surface area (Å²) in [6.07, 6.45) is 2.18. The van der Waals surface area contributed by atoms with Gasteiger partial charge in [-0.1, -0.05) is 78.9 Å². The number of phenolic OH excluding ortho intramolecular Hbond substituents is 10. The molecule has 19 N–H and O–H groups in total. The number of carbonyl (C=O) groups is 9. The maximum absolute atomic E-state index is 12.6. The quantitative estimate of drug-likeness (QED) is 0.0106. The Bertz CT molecular complexity index is 6890. The molecule has 0 saturated heterocycles. The summed E-state index contributed by atoms with van der Waals surface area (Å²) < 4.78 is 5.45. The summed E-state index contributed by atoms with van der Waals surface area (Å²) in [5.41, 5.74) is 4.17. The Hall–Kier alpha value is -19.4. The van der Waals surface area contributed by atoms with Crippen molar-refractivity contribution in [2.24, 2.45) is 0 Å². The number of aromatic nitrogens is 1. The molecule has 5 amide bonds. The number of aromatic hydroxyl groups is 10. The number of aliphatic carboxylic acids is 2. The summed E-state index contributed by atoms with van der Waals surface area (Å²) in [6.45, 7) is 1.97. The molecule has 0 aliphatic rings. The zero-order chi connectivity index (χ0) is 102. The number of nitrogens with zero attached hydrogens (tertiary/aromatic N) is 6. The molecule has 0 saturated carbocycles. The molecule has 46 heteroatoms. The second kappa shape index (κ2) is 47.6. The Labute approximate surface area is 785 Å². The van der Waals surface area contributed by atoms with Gasteiger partial charge < -0.3 is 102 Å². The summed E-state index contributed by atoms with van der Waals surface area (Å²) >= 11 is 1.33. The van der Waals surface area contributed by atoms with Gasteiger partial charge in [0.25, 0.3) is 0 Å². The van der Waals surface area contributed by atoms with Crippen LogP contribution in [0.2, 0.25) is 0 Å². The normalized spacial score (nSPS) is 10.4. The molecule has 3 aromatic heterocycles. The Morgan fingerprint density at radius 2 is 0.784 bits per heavy atom. The Kier molecular flexibility index (Phi) is 35.4. The smallest absolute Gasteiger partial charge is 0.339 e. The van der Waals surface area contributed by atoms with Crippen LogP contribution < -0.4 is 26.6 Å². The van der Waals surface area contributed by atoms with Gasteiger partial charge in [-0.15, -0.1) is 11.3 Å². The third kappa shape index (κ3) is 29.8. The van der Waals surface area contributed by atoms with Crippen LogP contribution in [0.15, 0.2) is 229 Å². The molecular formula is C93H79N11O34S. The van der Waals surface area contributed by atoms with Gasteiger partial charge in [0.05, 0.1) is 68.7 Å². The van der Waals surface area contributed by atoms with Gasteiger partial charge >= 0.3 is 52.3 Å². The van der Waals surface area contributed by atoms with Crippen LogP contribution in [-0.4, -0.2) is 155 Å². The largest absolute Gasteiger partial charge is 0.504 e. The summed E-state index contributed by atoms with van der Waals surface area (Å²) in [4.78, 5) is 160. The summed E-state index contributed by atoms with van der Waals surface area (Å²) in [6, 6.07) is 52.6. The molecule has 0 atom stereocenters. The van der Waals surface area contributed by atoms with E-state index in [4.69, 9.17) is 24.8 Å². The molecule has 0 bridgehead atoms. The van der Waals surface area contributed by atoms with Crippen molar-refractivity contribution in [1.29, 1.82) is 0 Å². The number of phenols is 10. The van der Waals surface area contributed by atoms with Crippen LogP contribution in [0, 0.1) is 57.5 Å². The first-order valence-electron chi connectivity index (χ1n) is 40.2. The van der Waals surface area contributed by atoms with Crippen LogP contribution in [0.25, 0.3) is 32.9 Å². The van der Waals surface area contributed by atoms with Crippen LogP contribution in [-0.2, 0) is 91.6 Å². The van der Waals surface area contributed by atoms with E-state index in [1.165, 1.54) is 35.6 Å². The second-order valence-corrected chi connectivity index (χ2v) is 30.8. The lowest BCUT2D eigenvalue weighted by Crippen LogP contribution is -2.24. The van der Waals surface area contributed by atoms with Gasteiger partial charge in [-0.3, -0.25) is 89.1 Å². The zero-order valence-corrected chi connectivity index (χ0v) is 72.8. The van der Waals surface area contributed by atoms with Gasteiger partial charge in [0, 0.05) is 106 Å². The average molecular weight is 1930 g/mol. The molecule has 0 aliphatic carbocycles. The first-order chi connectivity index (χ1) is 65.9. The monoisotopic (exact) mass is 1930 g/mol. The van der Waals surface area contributed by atoms with E-state index >= 15 is 0 Å². The van der Waals surface area contributed by atoms with E-state index in [0.29, 0.717) is 61.1 Å². The number of carboxylic acid groups (broad SMARTS) is 4. The highest BCUT2D eigenvalue weighted by Crippen LogP contribution is 2.43. The van der Waals surface area contributed by atoms with E-state index in [-0.39, 0.29) is 115 Å². The minimum atomic E-state index is -1.09. The van der Waals surface area contributed by atoms with E-state index in [1.54, 1.807) is 147 Å². The lowest BCUT2D eigenvalue weighted by Gasteiger charge is -2.12. The van der Waals surface area contributed by atoms with Crippen LogP contribution in [0.4, 0.5) is 45.5 Å². The maximum atomic E-state index is 12.6. The molecule has 0 unspecified atom stereocenters. The van der Waals surface area contributed by atoms with E-state index in [0.717, 1.165) is 70.6 Å². The topological polar surface area (TPSA) is 739 Å². The molecule has 45 nitrogen and oxygen atoms in total. The number of para-hydroxylation sites is 2. The number of carboxylic acids is 4. The van der Waals surface area contributed by atoms with Gasteiger partial charge in [-0.05, 0) is 167 Å². The van der Waals surface area contributed by atoms with Crippen molar-refractivity contribution in [2.45, 2.75) is 71.4 Å². The van der Waals surface area contributed by atoms with E-state index < -0.39 is 152 Å². The van der Waals surface area contributed by atoms with Crippen LogP contribution >= 0.6 is 11.3 Å². The SMILES string of the molecule is Cc1oc(-c2ccc(NC(=O)Cc3cc(O)c(O)c([N+](=O)[O-])c3)cc2)cc1C(=O)O.O=C(Cc1cc(O)c(O)c([N+](=O)[O-])c1)NCc1ccc(C(=O)O)cc1.O=C(Cc1cc(O)c(O)c([N+](=O)[O-])c1)NCc1cccnc1.O=C(O)Cc1ccc(-c2ccccc2NC(=O)CCc2cc(O)c(O)c([N+](=O)[O-])c2)s1.O=C(O)Cc1cccc(-c2ccccc2NC(=O)Cc2cc(O)c(O)c([N+](=O)[O-])c2)c1. The average Bonchev–Trinajstić information content (AvgIpc) is 1.78. The van der Waals surface area contributed by atoms with Gasteiger partial charge in [-0.2, -0.15) is 0 Å². The number of thiophene rings is 1. The van der Waals surface area contributed by atoms with Crippen molar-refractivity contribution < 1.29 is 144 Å². The zero-order valence-electron chi connectivity index (χ0n) is 72.0. The molecular weight excluding hydrogens is 1850 g/mol. The fraction of sp³-hybridized carbons (Fsp3) is 0.118. The van der Waals surface area contributed by atoms with E-state index in [9.17, 15) is 145 Å². The summed E-state index contributed by atoms with van der Waals surface area (Å²) in [5.74, 6) is -13.0. The van der Waals surface area contributed by atoms with Crippen molar-refractivity contribution in [1.82, 2.24) is 15.6 Å². The second-order valence-electron chi connectivity index (χ2n) is 29.6. The lowest BCUT2D eigenvalue weighted by atomic mass is 10.00. The van der Waals surface area contributed by atoms with Gasteiger partial charge in [0.2, 0.25) is 58.3 Å². The third-order valence-electron chi connectivity index (χ3n) is 19.5.